The molecule has 0 atom stereocenters. The van der Waals surface area contributed by atoms with E-state index < -0.39 is 0 Å². The summed E-state index contributed by atoms with van der Waals surface area (Å²) in [6.07, 6.45) is 6.49. The van der Waals surface area contributed by atoms with Gasteiger partial charge in [-0.3, -0.25) is 4.57 Å². The number of para-hydroxylation sites is 2. The molecule has 10 nitrogen and oxygen atoms in total. The molecule has 0 unspecified atom stereocenters. The lowest BCUT2D eigenvalue weighted by Crippen LogP contribution is -2.37. The number of anilines is 1. The Morgan fingerprint density at radius 2 is 1.88 bits per heavy atom. The second-order valence-electron chi connectivity index (χ2n) is 7.99. The third-order valence-electron chi connectivity index (χ3n) is 6.20. The maximum absolute atomic E-state index is 12.6. The standard InChI is InChI=1S/C22H21N9O/c1-29-19(16-6-9-23-12-24-16)28-18-20(29)25-13-26-21(18)30-10-7-14(8-11-30)31-17-5-3-2-4-15(17)27-22(31)32/h2-6,9,12-14H,7-8,10-11H2,1H3,(H,27,32). The monoisotopic (exact) mass is 427 g/mol. The number of benzene rings is 1. The first-order chi connectivity index (χ1) is 15.7. The van der Waals surface area contributed by atoms with Crippen molar-refractivity contribution in [1.29, 1.82) is 0 Å². The van der Waals surface area contributed by atoms with Gasteiger partial charge in [0.05, 0.1) is 11.0 Å². The first-order valence-corrected chi connectivity index (χ1v) is 10.6. The van der Waals surface area contributed by atoms with Crippen LogP contribution < -0.4 is 10.6 Å². The summed E-state index contributed by atoms with van der Waals surface area (Å²) in [5.41, 5.74) is 4.05. The number of nitrogens with one attached hydrogen (secondary N) is 1. The number of hydrogen-bond acceptors (Lipinski definition) is 7. The normalized spacial score (nSPS) is 15.1. The molecule has 6 rings (SSSR count). The fourth-order valence-corrected chi connectivity index (χ4v) is 4.64. The van der Waals surface area contributed by atoms with Crippen LogP contribution in [0, 0.1) is 0 Å². The number of rotatable bonds is 3. The molecule has 1 saturated heterocycles. The van der Waals surface area contributed by atoms with Crippen LogP contribution in [0.15, 0.2) is 54.0 Å². The predicted molar refractivity (Wildman–Crippen MR) is 120 cm³/mol. The van der Waals surface area contributed by atoms with Crippen molar-refractivity contribution in [3.63, 3.8) is 0 Å². The third-order valence-corrected chi connectivity index (χ3v) is 6.20. The van der Waals surface area contributed by atoms with Crippen LogP contribution in [0.4, 0.5) is 5.82 Å². The minimum atomic E-state index is -0.0479. The molecule has 1 N–H and O–H groups in total. The lowest BCUT2D eigenvalue weighted by Gasteiger charge is -2.33. The molecule has 1 aromatic carbocycles. The molecule has 0 spiro atoms. The second-order valence-corrected chi connectivity index (χ2v) is 7.99. The SMILES string of the molecule is Cn1c(-c2ccncn2)nc2c(N3CCC(n4c(=O)[nH]c5ccccc54)CC3)ncnc21. The van der Waals surface area contributed by atoms with E-state index in [1.165, 1.54) is 6.33 Å². The Morgan fingerprint density at radius 1 is 1.03 bits per heavy atom. The highest BCUT2D eigenvalue weighted by molar-refractivity contribution is 5.86. The van der Waals surface area contributed by atoms with Crippen LogP contribution in [-0.2, 0) is 7.05 Å². The molecule has 0 saturated carbocycles. The molecular formula is C22H21N9O. The highest BCUT2D eigenvalue weighted by Crippen LogP contribution is 2.31. The molecule has 1 fully saturated rings. The average molecular weight is 427 g/mol. The maximum atomic E-state index is 12.6. The number of hydrogen-bond donors (Lipinski definition) is 1. The summed E-state index contributed by atoms with van der Waals surface area (Å²) in [4.78, 5) is 40.0. The summed E-state index contributed by atoms with van der Waals surface area (Å²) in [6.45, 7) is 1.56. The molecule has 5 aromatic rings. The van der Waals surface area contributed by atoms with Crippen molar-refractivity contribution in [2.24, 2.45) is 7.05 Å². The Kier molecular flexibility index (Phi) is 4.23. The van der Waals surface area contributed by atoms with Gasteiger partial charge < -0.3 is 14.5 Å². The van der Waals surface area contributed by atoms with Gasteiger partial charge in [-0.15, -0.1) is 0 Å². The second kappa shape index (κ2) is 7.26. The molecule has 4 aromatic heterocycles. The topological polar surface area (TPSA) is 110 Å². The number of fused-ring (bicyclic) bond motifs is 2. The van der Waals surface area contributed by atoms with E-state index in [1.807, 2.05) is 46.5 Å². The largest absolute Gasteiger partial charge is 0.355 e. The Labute approximate surface area is 182 Å². The van der Waals surface area contributed by atoms with E-state index in [-0.39, 0.29) is 11.7 Å². The molecule has 0 radical (unpaired) electrons. The van der Waals surface area contributed by atoms with Gasteiger partial charge in [-0.2, -0.15) is 0 Å². The van der Waals surface area contributed by atoms with Gasteiger partial charge in [-0.05, 0) is 31.0 Å². The van der Waals surface area contributed by atoms with Crippen molar-refractivity contribution in [3.05, 3.63) is 59.7 Å². The van der Waals surface area contributed by atoms with Gasteiger partial charge in [-0.25, -0.2) is 29.7 Å². The van der Waals surface area contributed by atoms with Crippen molar-refractivity contribution >= 4 is 28.0 Å². The van der Waals surface area contributed by atoms with Crippen LogP contribution in [0.1, 0.15) is 18.9 Å². The summed E-state index contributed by atoms with van der Waals surface area (Å²) in [5.74, 6) is 1.54. The number of aromatic nitrogens is 8. The molecule has 5 heterocycles. The zero-order chi connectivity index (χ0) is 21.7. The van der Waals surface area contributed by atoms with Crippen molar-refractivity contribution in [2.45, 2.75) is 18.9 Å². The van der Waals surface area contributed by atoms with E-state index in [0.717, 1.165) is 65.5 Å². The van der Waals surface area contributed by atoms with Gasteiger partial charge in [0, 0.05) is 32.4 Å². The van der Waals surface area contributed by atoms with Crippen molar-refractivity contribution in [2.75, 3.05) is 18.0 Å². The van der Waals surface area contributed by atoms with E-state index >= 15 is 0 Å². The quantitative estimate of drug-likeness (QED) is 0.470. The van der Waals surface area contributed by atoms with E-state index in [2.05, 4.69) is 29.8 Å². The highest BCUT2D eigenvalue weighted by atomic mass is 16.1. The maximum Gasteiger partial charge on any atom is 0.326 e. The Balaban J connectivity index is 1.32. The number of piperidine rings is 1. The third kappa shape index (κ3) is 2.87. The molecule has 0 bridgehead atoms. The molecule has 32 heavy (non-hydrogen) atoms. The van der Waals surface area contributed by atoms with Gasteiger partial charge in [0.25, 0.3) is 0 Å². The van der Waals surface area contributed by atoms with Crippen LogP contribution in [0.5, 0.6) is 0 Å². The molecule has 0 aliphatic carbocycles. The van der Waals surface area contributed by atoms with E-state index in [9.17, 15) is 4.79 Å². The van der Waals surface area contributed by atoms with Crippen molar-refractivity contribution < 1.29 is 0 Å². The van der Waals surface area contributed by atoms with Gasteiger partial charge in [0.15, 0.2) is 22.8 Å². The first kappa shape index (κ1) is 18.7. The van der Waals surface area contributed by atoms with Gasteiger partial charge in [0.1, 0.15) is 18.3 Å². The molecule has 160 valence electrons. The Morgan fingerprint density at radius 3 is 2.69 bits per heavy atom. The van der Waals surface area contributed by atoms with Crippen LogP contribution in [0.25, 0.3) is 33.7 Å². The zero-order valence-corrected chi connectivity index (χ0v) is 17.5. The molecular weight excluding hydrogens is 406 g/mol. The zero-order valence-electron chi connectivity index (χ0n) is 17.5. The summed E-state index contributed by atoms with van der Waals surface area (Å²) in [5, 5.41) is 0. The lowest BCUT2D eigenvalue weighted by molar-refractivity contribution is 0.395. The van der Waals surface area contributed by atoms with E-state index in [1.54, 1.807) is 12.5 Å². The average Bonchev–Trinajstić information content (AvgIpc) is 3.36. The smallest absolute Gasteiger partial charge is 0.326 e. The Bertz CT molecular complexity index is 1480. The van der Waals surface area contributed by atoms with Crippen LogP contribution in [0.2, 0.25) is 0 Å². The number of H-pyrrole nitrogens is 1. The fraction of sp³-hybridized carbons (Fsp3) is 0.273. The summed E-state index contributed by atoms with van der Waals surface area (Å²) in [6, 6.07) is 9.82. The van der Waals surface area contributed by atoms with Gasteiger partial charge in [-0.1, -0.05) is 12.1 Å². The number of imidazole rings is 2. The molecule has 0 amide bonds. The minimum absolute atomic E-state index is 0.0479. The number of aryl methyl sites for hydroxylation is 1. The summed E-state index contributed by atoms with van der Waals surface area (Å²) >= 11 is 0. The van der Waals surface area contributed by atoms with Crippen LogP contribution >= 0.6 is 0 Å². The minimum Gasteiger partial charge on any atom is -0.355 e. The summed E-state index contributed by atoms with van der Waals surface area (Å²) < 4.78 is 3.83. The highest BCUT2D eigenvalue weighted by Gasteiger charge is 2.26. The van der Waals surface area contributed by atoms with Crippen LogP contribution in [0.3, 0.4) is 0 Å². The summed E-state index contributed by atoms with van der Waals surface area (Å²) in [7, 11) is 1.93. The predicted octanol–water partition coefficient (Wildman–Crippen LogP) is 2.30. The number of aromatic amines is 1. The fourth-order valence-electron chi connectivity index (χ4n) is 4.64. The number of nitrogens with zero attached hydrogens (tertiary/aromatic N) is 8. The van der Waals surface area contributed by atoms with E-state index in [4.69, 9.17) is 4.98 Å². The van der Waals surface area contributed by atoms with Gasteiger partial charge in [0.2, 0.25) is 0 Å². The molecule has 10 heteroatoms. The van der Waals surface area contributed by atoms with E-state index in [0.29, 0.717) is 0 Å². The van der Waals surface area contributed by atoms with Gasteiger partial charge >= 0.3 is 5.69 Å². The first-order valence-electron chi connectivity index (χ1n) is 10.6. The molecule has 1 aliphatic rings. The lowest BCUT2D eigenvalue weighted by atomic mass is 10.0. The van der Waals surface area contributed by atoms with Crippen LogP contribution in [-0.4, -0.2) is 52.1 Å². The Hall–Kier alpha value is -4.08. The molecule has 1 aliphatic heterocycles. The van der Waals surface area contributed by atoms with Crippen molar-refractivity contribution in [3.8, 4) is 11.5 Å². The van der Waals surface area contributed by atoms with Crippen molar-refractivity contribution in [1.82, 2.24) is 39.0 Å².